The second kappa shape index (κ2) is 8.78. The molecule has 1 amide bonds. The van der Waals surface area contributed by atoms with Crippen LogP contribution in [0.25, 0.3) is 0 Å². The van der Waals surface area contributed by atoms with Gasteiger partial charge in [-0.05, 0) is 42.3 Å². The molecule has 0 bridgehead atoms. The Kier molecular flexibility index (Phi) is 6.03. The minimum absolute atomic E-state index is 0.104. The summed E-state index contributed by atoms with van der Waals surface area (Å²) in [6.07, 6.45) is -5.55. The minimum Gasteiger partial charge on any atom is -0.497 e. The smallest absolute Gasteiger partial charge is 0.410 e. The Morgan fingerprint density at radius 1 is 1.24 bits per heavy atom. The molecule has 3 N–H and O–H groups in total. The number of alkyl halides is 3. The molecule has 3 unspecified atom stereocenters. The number of fused-ring (bicyclic) bond motifs is 1. The van der Waals surface area contributed by atoms with Gasteiger partial charge in [-0.3, -0.25) is 4.79 Å². The first kappa shape index (κ1) is 22.7. The molecule has 2 aromatic carbocycles. The lowest BCUT2D eigenvalue weighted by Crippen LogP contribution is -2.35. The van der Waals surface area contributed by atoms with Gasteiger partial charge >= 0.3 is 6.18 Å². The molecule has 1 aromatic heterocycles. The number of halogens is 3. The van der Waals surface area contributed by atoms with E-state index in [9.17, 15) is 23.1 Å². The van der Waals surface area contributed by atoms with Crippen LogP contribution in [0.3, 0.4) is 0 Å². The molecule has 1 aliphatic heterocycles. The number of aliphatic hydroxyl groups is 1. The Bertz CT molecular complexity index is 1140. The number of nitrogens with one attached hydrogen (secondary N) is 2. The zero-order valence-corrected chi connectivity index (χ0v) is 17.9. The maximum Gasteiger partial charge on any atom is 0.410 e. The van der Waals surface area contributed by atoms with Gasteiger partial charge < -0.3 is 20.5 Å². The molecule has 0 saturated heterocycles. The van der Waals surface area contributed by atoms with Crippen LogP contribution in [0.15, 0.2) is 54.6 Å². The van der Waals surface area contributed by atoms with Crippen LogP contribution in [0.2, 0.25) is 0 Å². The fraction of sp³-hybridized carbons (Fsp3) is 0.304. The number of rotatable bonds is 5. The molecule has 0 radical (unpaired) electrons. The predicted octanol–water partition coefficient (Wildman–Crippen LogP) is 4.86. The average molecular weight is 460 g/mol. The molecule has 33 heavy (non-hydrogen) atoms. The highest BCUT2D eigenvalue weighted by molar-refractivity contribution is 6.03. The van der Waals surface area contributed by atoms with Crippen LogP contribution in [-0.2, 0) is 0 Å². The number of aliphatic hydroxyl groups excluding tert-OH is 1. The highest BCUT2D eigenvalue weighted by atomic mass is 19.4. The third-order valence-electron chi connectivity index (χ3n) is 5.57. The topological polar surface area (TPSA) is 88.4 Å². The molecule has 0 saturated carbocycles. The summed E-state index contributed by atoms with van der Waals surface area (Å²) < 4.78 is 47.6. The molecule has 2 heterocycles. The van der Waals surface area contributed by atoms with E-state index < -0.39 is 30.3 Å². The van der Waals surface area contributed by atoms with Crippen molar-refractivity contribution in [2.24, 2.45) is 0 Å². The van der Waals surface area contributed by atoms with E-state index in [0.29, 0.717) is 22.6 Å². The zero-order chi connectivity index (χ0) is 23.8. The van der Waals surface area contributed by atoms with Gasteiger partial charge in [0.25, 0.3) is 5.91 Å². The summed E-state index contributed by atoms with van der Waals surface area (Å²) in [5.74, 6) is 0.0567. The number of benzene rings is 2. The van der Waals surface area contributed by atoms with Crippen LogP contribution >= 0.6 is 0 Å². The van der Waals surface area contributed by atoms with E-state index in [1.54, 1.807) is 55.5 Å². The summed E-state index contributed by atoms with van der Waals surface area (Å²) in [6.45, 7) is 1.59. The number of methoxy groups -OCH3 is 1. The highest BCUT2D eigenvalue weighted by Gasteiger charge is 2.46. The predicted molar refractivity (Wildman–Crippen MR) is 116 cm³/mol. The molecule has 7 nitrogen and oxygen atoms in total. The van der Waals surface area contributed by atoms with Gasteiger partial charge in [0.05, 0.1) is 19.3 Å². The summed E-state index contributed by atoms with van der Waals surface area (Å²) in [5, 5.41) is 19.4. The summed E-state index contributed by atoms with van der Waals surface area (Å²) in [4.78, 5) is 12.7. The monoisotopic (exact) mass is 460 g/mol. The van der Waals surface area contributed by atoms with E-state index in [1.165, 1.54) is 13.2 Å². The maximum atomic E-state index is 13.9. The van der Waals surface area contributed by atoms with E-state index in [0.717, 1.165) is 4.68 Å². The van der Waals surface area contributed by atoms with Crippen molar-refractivity contribution < 1.29 is 27.8 Å². The first-order chi connectivity index (χ1) is 15.7. The number of hydrogen-bond donors (Lipinski definition) is 3. The number of nitrogens with zero attached hydrogens (tertiary/aromatic N) is 2. The lowest BCUT2D eigenvalue weighted by atomic mass is 9.97. The Morgan fingerprint density at radius 3 is 2.61 bits per heavy atom. The van der Waals surface area contributed by atoms with Crippen molar-refractivity contribution in [2.45, 2.75) is 37.7 Å². The largest absolute Gasteiger partial charge is 0.497 e. The first-order valence-electron chi connectivity index (χ1n) is 10.3. The van der Waals surface area contributed by atoms with Gasteiger partial charge in [-0.2, -0.15) is 18.3 Å². The van der Waals surface area contributed by atoms with Gasteiger partial charge in [0.15, 0.2) is 11.7 Å². The molecule has 0 spiro atoms. The Balaban J connectivity index is 1.61. The number of aromatic nitrogens is 2. The number of anilines is 2. The quantitative estimate of drug-likeness (QED) is 0.506. The molecule has 4 rings (SSSR count). The fourth-order valence-electron chi connectivity index (χ4n) is 3.81. The Labute approximate surface area is 188 Å². The normalized spacial score (nSPS) is 18.7. The second-order valence-corrected chi connectivity index (χ2v) is 7.88. The van der Waals surface area contributed by atoms with Crippen molar-refractivity contribution in [2.75, 3.05) is 17.7 Å². The van der Waals surface area contributed by atoms with Crippen LogP contribution in [0.5, 0.6) is 5.75 Å². The van der Waals surface area contributed by atoms with E-state index in [-0.39, 0.29) is 17.9 Å². The van der Waals surface area contributed by atoms with Gasteiger partial charge in [-0.1, -0.05) is 24.3 Å². The van der Waals surface area contributed by atoms with Crippen molar-refractivity contribution in [1.29, 1.82) is 0 Å². The lowest BCUT2D eigenvalue weighted by molar-refractivity contribution is -0.173. The van der Waals surface area contributed by atoms with E-state index >= 15 is 0 Å². The molecule has 0 aliphatic carbocycles. The van der Waals surface area contributed by atoms with Gasteiger partial charge in [0.2, 0.25) is 0 Å². The zero-order valence-electron chi connectivity index (χ0n) is 17.9. The van der Waals surface area contributed by atoms with Crippen LogP contribution < -0.4 is 15.4 Å². The Hall–Kier alpha value is -3.53. The highest BCUT2D eigenvalue weighted by Crippen LogP contribution is 2.43. The second-order valence-electron chi connectivity index (χ2n) is 7.88. The minimum atomic E-state index is -4.55. The Morgan fingerprint density at radius 2 is 1.97 bits per heavy atom. The molecular weight excluding hydrogens is 437 g/mol. The van der Waals surface area contributed by atoms with E-state index in [2.05, 4.69) is 15.7 Å². The number of ether oxygens (including phenoxy) is 1. The van der Waals surface area contributed by atoms with Crippen molar-refractivity contribution in [3.05, 3.63) is 71.4 Å². The molecular formula is C23H23F3N4O3. The molecule has 3 aromatic rings. The fourth-order valence-corrected chi connectivity index (χ4v) is 3.81. The first-order valence-corrected chi connectivity index (χ1v) is 10.3. The van der Waals surface area contributed by atoms with Crippen molar-refractivity contribution >= 4 is 17.4 Å². The number of carbonyl (C=O) groups is 1. The van der Waals surface area contributed by atoms with Gasteiger partial charge in [-0.15, -0.1) is 0 Å². The van der Waals surface area contributed by atoms with Gasteiger partial charge in [0, 0.05) is 18.2 Å². The van der Waals surface area contributed by atoms with Gasteiger partial charge in [0.1, 0.15) is 11.6 Å². The SMILES string of the molecule is COc1ccc(C2CC(C(F)(F)F)n3nc(C(=O)Nc4cccc(C(C)O)c4)cc3N2)cc1. The summed E-state index contributed by atoms with van der Waals surface area (Å²) in [5.41, 5.74) is 1.52. The number of carbonyl (C=O) groups excluding carboxylic acids is 1. The molecule has 10 heteroatoms. The van der Waals surface area contributed by atoms with E-state index in [4.69, 9.17) is 4.74 Å². The summed E-state index contributed by atoms with van der Waals surface area (Å²) in [6, 6.07) is 12.2. The van der Waals surface area contributed by atoms with Crippen molar-refractivity contribution in [1.82, 2.24) is 9.78 Å². The van der Waals surface area contributed by atoms with E-state index in [1.807, 2.05) is 0 Å². The van der Waals surface area contributed by atoms with Crippen LogP contribution in [0.1, 0.15) is 53.1 Å². The van der Waals surface area contributed by atoms with Crippen LogP contribution in [0, 0.1) is 0 Å². The molecule has 1 aliphatic rings. The summed E-state index contributed by atoms with van der Waals surface area (Å²) >= 11 is 0. The molecule has 174 valence electrons. The van der Waals surface area contributed by atoms with Crippen LogP contribution in [-0.4, -0.2) is 34.1 Å². The van der Waals surface area contributed by atoms with Crippen molar-refractivity contribution in [3.63, 3.8) is 0 Å². The standard InChI is InChI=1S/C23H23F3N4O3/c1-13(31)15-4-3-5-16(10-15)27-22(32)19-12-21-28-18(14-6-8-17(33-2)9-7-14)11-20(23(24,25)26)30(21)29-19/h3-10,12-13,18,20,28,31H,11H2,1-2H3,(H,27,32). The molecule has 0 fully saturated rings. The maximum absolute atomic E-state index is 13.9. The number of hydrogen-bond acceptors (Lipinski definition) is 5. The lowest BCUT2D eigenvalue weighted by Gasteiger charge is -2.33. The average Bonchev–Trinajstić information content (AvgIpc) is 3.22. The van der Waals surface area contributed by atoms with Crippen LogP contribution in [0.4, 0.5) is 24.7 Å². The summed E-state index contributed by atoms with van der Waals surface area (Å²) in [7, 11) is 1.51. The van der Waals surface area contributed by atoms with Crippen molar-refractivity contribution in [3.8, 4) is 5.75 Å². The third kappa shape index (κ3) is 4.80. The number of amides is 1. The van der Waals surface area contributed by atoms with Gasteiger partial charge in [-0.25, -0.2) is 4.68 Å². The molecule has 3 atom stereocenters. The third-order valence-corrected chi connectivity index (χ3v) is 5.57.